The fourth-order valence-electron chi connectivity index (χ4n) is 5.38. The third kappa shape index (κ3) is 2.69. The number of hydrogen-bond acceptors (Lipinski definition) is 4. The molecule has 1 amide bonds. The molecule has 142 valence electrons. The van der Waals surface area contributed by atoms with Crippen LogP contribution in [0.25, 0.3) is 0 Å². The number of aromatic nitrogens is 2. The number of likely N-dealkylation sites (tertiary alicyclic amines) is 1. The van der Waals surface area contributed by atoms with Gasteiger partial charge in [0.15, 0.2) is 0 Å². The van der Waals surface area contributed by atoms with Crippen molar-refractivity contribution in [1.29, 1.82) is 0 Å². The molecule has 1 aromatic heterocycles. The number of ether oxygens (including phenoxy) is 1. The van der Waals surface area contributed by atoms with Crippen LogP contribution in [-0.2, 0) is 21.5 Å². The van der Waals surface area contributed by atoms with Crippen LogP contribution in [0.3, 0.4) is 0 Å². The van der Waals surface area contributed by atoms with Crippen LogP contribution in [0.1, 0.15) is 49.9 Å². The van der Waals surface area contributed by atoms with Gasteiger partial charge in [-0.25, -0.2) is 4.98 Å². The number of carbonyl (C=O) groups is 1. The van der Waals surface area contributed by atoms with Crippen molar-refractivity contribution in [2.24, 2.45) is 11.8 Å². The number of hydrogen-bond donors (Lipinski definition) is 1. The molecule has 1 N–H and O–H groups in total. The molecule has 0 aromatic carbocycles. The summed E-state index contributed by atoms with van der Waals surface area (Å²) in [5.41, 5.74) is 2.23. The summed E-state index contributed by atoms with van der Waals surface area (Å²) in [5.74, 6) is 1.34. The number of nitrogens with one attached hydrogen (secondary N) is 1. The number of aromatic amines is 1. The Hall–Kier alpha value is -1.40. The molecule has 0 radical (unpaired) electrons. The Morgan fingerprint density at radius 3 is 2.81 bits per heavy atom. The van der Waals surface area contributed by atoms with Crippen LogP contribution in [0, 0.1) is 11.8 Å². The minimum atomic E-state index is -0.178. The summed E-state index contributed by atoms with van der Waals surface area (Å²) < 4.78 is 5.54. The number of H-pyrrole nitrogens is 1. The van der Waals surface area contributed by atoms with Crippen LogP contribution in [0.15, 0.2) is 6.33 Å². The molecule has 1 atom stereocenters. The van der Waals surface area contributed by atoms with Crippen molar-refractivity contribution in [2.45, 2.75) is 50.5 Å². The summed E-state index contributed by atoms with van der Waals surface area (Å²) in [5, 5.41) is 0. The Morgan fingerprint density at radius 2 is 2.12 bits per heavy atom. The van der Waals surface area contributed by atoms with Gasteiger partial charge in [0, 0.05) is 50.8 Å². The van der Waals surface area contributed by atoms with Crippen LogP contribution in [0.4, 0.5) is 0 Å². The first-order valence-corrected chi connectivity index (χ1v) is 10.4. The number of amides is 1. The standard InChI is InChI=1S/C20H30N4O2/c25-19(16-2-1-3-16)24-8-4-17-18(22-14-21-17)20(24)6-9-23(10-7-20)12-15-5-11-26-13-15/h14-16H,1-13H2,(H,21,22)/t15-/m1/s1. The van der Waals surface area contributed by atoms with Crippen LogP contribution in [0.5, 0.6) is 0 Å². The monoisotopic (exact) mass is 358 g/mol. The number of nitrogens with zero attached hydrogens (tertiary/aromatic N) is 3. The molecule has 1 saturated carbocycles. The fraction of sp³-hybridized carbons (Fsp3) is 0.800. The molecule has 4 aliphatic rings. The van der Waals surface area contributed by atoms with Crippen molar-refractivity contribution in [3.05, 3.63) is 17.7 Å². The summed E-state index contributed by atoms with van der Waals surface area (Å²) in [7, 11) is 0. The van der Waals surface area contributed by atoms with Crippen LogP contribution >= 0.6 is 0 Å². The quantitative estimate of drug-likeness (QED) is 0.897. The first-order chi connectivity index (χ1) is 12.8. The largest absolute Gasteiger partial charge is 0.381 e. The van der Waals surface area contributed by atoms with Crippen molar-refractivity contribution < 1.29 is 9.53 Å². The normalized spacial score (nSPS) is 28.9. The first-order valence-electron chi connectivity index (χ1n) is 10.4. The molecule has 4 heterocycles. The minimum absolute atomic E-state index is 0.178. The summed E-state index contributed by atoms with van der Waals surface area (Å²) >= 11 is 0. The average molecular weight is 358 g/mol. The van der Waals surface area contributed by atoms with Crippen LogP contribution < -0.4 is 0 Å². The topological polar surface area (TPSA) is 61.5 Å². The van der Waals surface area contributed by atoms with E-state index in [2.05, 4.69) is 14.8 Å². The average Bonchev–Trinajstić information content (AvgIpc) is 3.27. The van der Waals surface area contributed by atoms with E-state index in [0.717, 1.165) is 77.2 Å². The molecule has 5 rings (SSSR count). The Bertz CT molecular complexity index is 655. The molecule has 1 aliphatic carbocycles. The molecule has 3 aliphatic heterocycles. The van der Waals surface area contributed by atoms with Gasteiger partial charge in [0.2, 0.25) is 5.91 Å². The van der Waals surface area contributed by atoms with Crippen molar-refractivity contribution in [3.8, 4) is 0 Å². The molecule has 1 aromatic rings. The number of fused-ring (bicyclic) bond motifs is 2. The molecule has 1 spiro atoms. The van der Waals surface area contributed by atoms with Gasteiger partial charge in [0.1, 0.15) is 0 Å². The summed E-state index contributed by atoms with van der Waals surface area (Å²) in [6.45, 7) is 5.93. The molecule has 26 heavy (non-hydrogen) atoms. The fourth-order valence-corrected chi connectivity index (χ4v) is 5.38. The first kappa shape index (κ1) is 16.8. The van der Waals surface area contributed by atoms with E-state index in [0.29, 0.717) is 11.8 Å². The van der Waals surface area contributed by atoms with Gasteiger partial charge < -0.3 is 19.5 Å². The highest BCUT2D eigenvalue weighted by Gasteiger charge is 2.50. The minimum Gasteiger partial charge on any atom is -0.381 e. The van der Waals surface area contributed by atoms with Gasteiger partial charge >= 0.3 is 0 Å². The van der Waals surface area contributed by atoms with E-state index < -0.39 is 0 Å². The van der Waals surface area contributed by atoms with E-state index in [1.165, 1.54) is 18.5 Å². The zero-order chi connectivity index (χ0) is 17.6. The maximum Gasteiger partial charge on any atom is 0.226 e. The maximum atomic E-state index is 13.2. The Labute approximate surface area is 155 Å². The second-order valence-electron chi connectivity index (χ2n) is 8.66. The van der Waals surface area contributed by atoms with Crippen molar-refractivity contribution in [2.75, 3.05) is 39.4 Å². The predicted molar refractivity (Wildman–Crippen MR) is 97.6 cm³/mol. The van der Waals surface area contributed by atoms with Gasteiger partial charge in [0.05, 0.1) is 24.2 Å². The zero-order valence-electron chi connectivity index (χ0n) is 15.6. The Balaban J connectivity index is 1.36. The number of piperidine rings is 1. The Morgan fingerprint density at radius 1 is 1.27 bits per heavy atom. The maximum absolute atomic E-state index is 13.2. The molecular weight excluding hydrogens is 328 g/mol. The molecular formula is C20H30N4O2. The van der Waals surface area contributed by atoms with Gasteiger partial charge in [-0.15, -0.1) is 0 Å². The third-order valence-corrected chi connectivity index (χ3v) is 7.21. The van der Waals surface area contributed by atoms with Crippen LogP contribution in [0.2, 0.25) is 0 Å². The van der Waals surface area contributed by atoms with E-state index >= 15 is 0 Å². The van der Waals surface area contributed by atoms with Crippen molar-refractivity contribution in [1.82, 2.24) is 19.8 Å². The van der Waals surface area contributed by atoms with E-state index in [9.17, 15) is 4.79 Å². The SMILES string of the molecule is O=C(C1CCC1)N1CCc2[nH]cnc2C12CCN(C[C@H]1CCOC1)CC2. The van der Waals surface area contributed by atoms with Gasteiger partial charge in [-0.05, 0) is 38.0 Å². The predicted octanol–water partition coefficient (Wildman–Crippen LogP) is 1.92. The van der Waals surface area contributed by atoms with E-state index in [4.69, 9.17) is 9.72 Å². The Kier molecular flexibility index (Phi) is 4.28. The van der Waals surface area contributed by atoms with Crippen molar-refractivity contribution in [3.63, 3.8) is 0 Å². The summed E-state index contributed by atoms with van der Waals surface area (Å²) in [6.07, 6.45) is 9.32. The second-order valence-corrected chi connectivity index (χ2v) is 8.66. The number of carbonyl (C=O) groups excluding carboxylic acids is 1. The van der Waals surface area contributed by atoms with Gasteiger partial charge in [0.25, 0.3) is 0 Å². The van der Waals surface area contributed by atoms with Gasteiger partial charge in [-0.2, -0.15) is 0 Å². The summed E-state index contributed by atoms with van der Waals surface area (Å²) in [4.78, 5) is 26.1. The smallest absolute Gasteiger partial charge is 0.226 e. The van der Waals surface area contributed by atoms with E-state index in [1.807, 2.05) is 6.33 Å². The number of imidazole rings is 1. The lowest BCUT2D eigenvalue weighted by Crippen LogP contribution is -2.60. The highest BCUT2D eigenvalue weighted by molar-refractivity contribution is 5.81. The van der Waals surface area contributed by atoms with E-state index in [-0.39, 0.29) is 11.5 Å². The highest BCUT2D eigenvalue weighted by Crippen LogP contribution is 2.44. The van der Waals surface area contributed by atoms with Gasteiger partial charge in [-0.1, -0.05) is 6.42 Å². The van der Waals surface area contributed by atoms with E-state index in [1.54, 1.807) is 0 Å². The van der Waals surface area contributed by atoms with Crippen molar-refractivity contribution >= 4 is 5.91 Å². The molecule has 6 nitrogen and oxygen atoms in total. The highest BCUT2D eigenvalue weighted by atomic mass is 16.5. The van der Waals surface area contributed by atoms with Crippen LogP contribution in [-0.4, -0.2) is 65.1 Å². The number of rotatable bonds is 3. The lowest BCUT2D eigenvalue weighted by molar-refractivity contribution is -0.149. The molecule has 0 unspecified atom stereocenters. The zero-order valence-corrected chi connectivity index (χ0v) is 15.6. The lowest BCUT2D eigenvalue weighted by Gasteiger charge is -2.52. The summed E-state index contributed by atoms with van der Waals surface area (Å²) in [6, 6.07) is 0. The molecule has 3 fully saturated rings. The lowest BCUT2D eigenvalue weighted by atomic mass is 9.76. The second kappa shape index (κ2) is 6.64. The third-order valence-electron chi connectivity index (χ3n) is 7.21. The molecule has 6 heteroatoms. The molecule has 0 bridgehead atoms. The van der Waals surface area contributed by atoms with Gasteiger partial charge in [-0.3, -0.25) is 4.79 Å². The molecule has 2 saturated heterocycles.